The molecule has 0 bridgehead atoms. The lowest BCUT2D eigenvalue weighted by atomic mass is 10.1. The van der Waals surface area contributed by atoms with E-state index in [0.717, 1.165) is 29.2 Å². The van der Waals surface area contributed by atoms with Gasteiger partial charge in [0.05, 0.1) is 29.1 Å². The molecule has 0 unspecified atom stereocenters. The molecule has 1 aliphatic rings. The van der Waals surface area contributed by atoms with E-state index < -0.39 is 0 Å². The maximum Gasteiger partial charge on any atom is 0.264 e. The lowest BCUT2D eigenvalue weighted by Crippen LogP contribution is -2.36. The number of aryl methyl sites for hydroxylation is 1. The number of nitrogens with zero attached hydrogens (tertiary/aromatic N) is 3. The molecule has 3 heterocycles. The van der Waals surface area contributed by atoms with Crippen molar-refractivity contribution in [1.29, 1.82) is 0 Å². The molecule has 2 aromatic heterocycles. The molecule has 0 atom stereocenters. The second-order valence-corrected chi connectivity index (χ2v) is 5.15. The third-order valence-electron chi connectivity index (χ3n) is 3.12. The molecule has 0 saturated heterocycles. The van der Waals surface area contributed by atoms with E-state index in [-0.39, 0.29) is 5.91 Å². The molecule has 0 aromatic carbocycles. The Morgan fingerprint density at radius 3 is 3.18 bits per heavy atom. The van der Waals surface area contributed by atoms with Gasteiger partial charge in [-0.2, -0.15) is 0 Å². The second-order valence-electron chi connectivity index (χ2n) is 4.20. The zero-order valence-corrected chi connectivity index (χ0v) is 10.4. The third kappa shape index (κ3) is 1.76. The monoisotopic (exact) mass is 247 g/mol. The molecule has 1 amide bonds. The summed E-state index contributed by atoms with van der Waals surface area (Å²) in [6, 6.07) is 3.79. The summed E-state index contributed by atoms with van der Waals surface area (Å²) in [5.41, 5.74) is 2.28. The van der Waals surface area contributed by atoms with Crippen molar-refractivity contribution in [3.63, 3.8) is 0 Å². The Morgan fingerprint density at radius 1 is 1.53 bits per heavy atom. The van der Waals surface area contributed by atoms with Gasteiger partial charge in [-0.1, -0.05) is 6.07 Å². The summed E-state index contributed by atoms with van der Waals surface area (Å²) >= 11 is 1.50. The third-order valence-corrected chi connectivity index (χ3v) is 3.98. The van der Waals surface area contributed by atoms with E-state index in [1.54, 1.807) is 0 Å². The molecule has 0 spiro atoms. The summed E-state index contributed by atoms with van der Waals surface area (Å²) in [4.78, 5) is 19.3. The standard InChI is InChI=1S/C12H13N3OS/c1-14-8-13-9-4-5-15(7-10(9)14)12(16)11-3-2-6-17-11/h2-3,6,8H,4-5,7H2,1H3. The summed E-state index contributed by atoms with van der Waals surface area (Å²) in [5, 5.41) is 1.94. The summed E-state index contributed by atoms with van der Waals surface area (Å²) < 4.78 is 2.00. The Labute approximate surface area is 104 Å². The zero-order chi connectivity index (χ0) is 11.8. The summed E-state index contributed by atoms with van der Waals surface area (Å²) in [5.74, 6) is 0.131. The number of aromatic nitrogens is 2. The van der Waals surface area contributed by atoms with E-state index in [9.17, 15) is 4.79 Å². The fourth-order valence-electron chi connectivity index (χ4n) is 2.15. The Kier molecular flexibility index (Phi) is 2.48. The number of thiophene rings is 1. The van der Waals surface area contributed by atoms with E-state index in [2.05, 4.69) is 4.98 Å². The Bertz CT molecular complexity index is 544. The predicted octanol–water partition coefficient (Wildman–Crippen LogP) is 1.68. The number of carbonyl (C=O) groups excluding carboxylic acids is 1. The molecular formula is C12H13N3OS. The van der Waals surface area contributed by atoms with Gasteiger partial charge in [-0.05, 0) is 11.4 Å². The Morgan fingerprint density at radius 2 is 2.41 bits per heavy atom. The highest BCUT2D eigenvalue weighted by Gasteiger charge is 2.24. The summed E-state index contributed by atoms with van der Waals surface area (Å²) in [6.07, 6.45) is 2.68. The molecule has 3 rings (SSSR count). The van der Waals surface area contributed by atoms with Crippen molar-refractivity contribution < 1.29 is 4.79 Å². The van der Waals surface area contributed by atoms with E-state index in [1.807, 2.05) is 40.4 Å². The van der Waals surface area contributed by atoms with Gasteiger partial charge < -0.3 is 9.47 Å². The average molecular weight is 247 g/mol. The van der Waals surface area contributed by atoms with Crippen molar-refractivity contribution in [1.82, 2.24) is 14.5 Å². The minimum absolute atomic E-state index is 0.131. The first kappa shape index (κ1) is 10.5. The first-order chi connectivity index (χ1) is 8.25. The zero-order valence-electron chi connectivity index (χ0n) is 9.59. The van der Waals surface area contributed by atoms with Crippen LogP contribution < -0.4 is 0 Å². The van der Waals surface area contributed by atoms with Gasteiger partial charge in [0.15, 0.2) is 0 Å². The van der Waals surface area contributed by atoms with Crippen LogP contribution in [-0.2, 0) is 20.0 Å². The Hall–Kier alpha value is -1.62. The number of hydrogen-bond donors (Lipinski definition) is 0. The smallest absolute Gasteiger partial charge is 0.264 e. The van der Waals surface area contributed by atoms with E-state index in [0.29, 0.717) is 6.54 Å². The first-order valence-electron chi connectivity index (χ1n) is 5.57. The van der Waals surface area contributed by atoms with Gasteiger partial charge in [0.1, 0.15) is 0 Å². The van der Waals surface area contributed by atoms with Crippen LogP contribution in [0.1, 0.15) is 21.1 Å². The number of fused-ring (bicyclic) bond motifs is 1. The maximum absolute atomic E-state index is 12.2. The molecule has 1 aliphatic heterocycles. The van der Waals surface area contributed by atoms with Gasteiger partial charge in [0.2, 0.25) is 0 Å². The SMILES string of the molecule is Cn1cnc2c1CN(C(=O)c1cccs1)CC2. The average Bonchev–Trinajstić information content (AvgIpc) is 2.98. The van der Waals surface area contributed by atoms with Crippen LogP contribution in [-0.4, -0.2) is 26.9 Å². The van der Waals surface area contributed by atoms with Crippen molar-refractivity contribution in [2.24, 2.45) is 7.05 Å². The molecule has 88 valence electrons. The molecular weight excluding hydrogens is 234 g/mol. The fourth-order valence-corrected chi connectivity index (χ4v) is 2.84. The van der Waals surface area contributed by atoms with E-state index >= 15 is 0 Å². The van der Waals surface area contributed by atoms with Crippen molar-refractivity contribution in [3.8, 4) is 0 Å². The number of imidazole rings is 1. The molecule has 0 aliphatic carbocycles. The van der Waals surface area contributed by atoms with Gasteiger partial charge in [-0.25, -0.2) is 4.98 Å². The van der Waals surface area contributed by atoms with E-state index in [1.165, 1.54) is 11.3 Å². The molecule has 5 heteroatoms. The molecule has 0 fully saturated rings. The van der Waals surface area contributed by atoms with Crippen molar-refractivity contribution in [2.45, 2.75) is 13.0 Å². The summed E-state index contributed by atoms with van der Waals surface area (Å²) in [6.45, 7) is 1.43. The molecule has 4 nitrogen and oxygen atoms in total. The molecule has 0 saturated carbocycles. The van der Waals surface area contributed by atoms with Gasteiger partial charge >= 0.3 is 0 Å². The van der Waals surface area contributed by atoms with Crippen LogP contribution in [0.3, 0.4) is 0 Å². The van der Waals surface area contributed by atoms with E-state index in [4.69, 9.17) is 0 Å². The predicted molar refractivity (Wildman–Crippen MR) is 66.0 cm³/mol. The number of rotatable bonds is 1. The highest BCUT2D eigenvalue weighted by molar-refractivity contribution is 7.12. The van der Waals surface area contributed by atoms with Crippen molar-refractivity contribution in [3.05, 3.63) is 40.1 Å². The quantitative estimate of drug-likeness (QED) is 0.769. The first-order valence-corrected chi connectivity index (χ1v) is 6.45. The van der Waals surface area contributed by atoms with Crippen LogP contribution in [0.15, 0.2) is 23.8 Å². The number of amides is 1. The van der Waals surface area contributed by atoms with Gasteiger partial charge in [-0.15, -0.1) is 11.3 Å². The molecule has 0 N–H and O–H groups in total. The highest BCUT2D eigenvalue weighted by Crippen LogP contribution is 2.20. The van der Waals surface area contributed by atoms with Crippen LogP contribution in [0.5, 0.6) is 0 Å². The van der Waals surface area contributed by atoms with Gasteiger partial charge in [0, 0.05) is 20.0 Å². The second kappa shape index (κ2) is 4.00. The molecule has 17 heavy (non-hydrogen) atoms. The van der Waals surface area contributed by atoms with Crippen LogP contribution in [0.4, 0.5) is 0 Å². The van der Waals surface area contributed by atoms with Crippen LogP contribution in [0.2, 0.25) is 0 Å². The minimum Gasteiger partial charge on any atom is -0.336 e. The van der Waals surface area contributed by atoms with Crippen molar-refractivity contribution >= 4 is 17.2 Å². The molecule has 0 radical (unpaired) electrons. The molecule has 2 aromatic rings. The van der Waals surface area contributed by atoms with Crippen LogP contribution in [0, 0.1) is 0 Å². The normalized spacial score (nSPS) is 14.8. The minimum atomic E-state index is 0.131. The largest absolute Gasteiger partial charge is 0.336 e. The summed E-state index contributed by atoms with van der Waals surface area (Å²) in [7, 11) is 1.98. The Balaban J connectivity index is 1.84. The maximum atomic E-state index is 12.2. The highest BCUT2D eigenvalue weighted by atomic mass is 32.1. The van der Waals surface area contributed by atoms with Crippen LogP contribution in [0.25, 0.3) is 0 Å². The van der Waals surface area contributed by atoms with Gasteiger partial charge in [-0.3, -0.25) is 4.79 Å². The fraction of sp³-hybridized carbons (Fsp3) is 0.333. The lowest BCUT2D eigenvalue weighted by molar-refractivity contribution is 0.0735. The van der Waals surface area contributed by atoms with Crippen molar-refractivity contribution in [2.75, 3.05) is 6.54 Å². The van der Waals surface area contributed by atoms with Crippen LogP contribution >= 0.6 is 11.3 Å². The topological polar surface area (TPSA) is 38.1 Å². The number of hydrogen-bond acceptors (Lipinski definition) is 3. The lowest BCUT2D eigenvalue weighted by Gasteiger charge is -2.26. The van der Waals surface area contributed by atoms with Gasteiger partial charge in [0.25, 0.3) is 5.91 Å². The number of carbonyl (C=O) groups is 1.